The summed E-state index contributed by atoms with van der Waals surface area (Å²) in [5.41, 5.74) is 0.935. The van der Waals surface area contributed by atoms with E-state index in [0.717, 1.165) is 56.8 Å². The van der Waals surface area contributed by atoms with Gasteiger partial charge in [0.1, 0.15) is 0 Å². The average molecular weight is 379 g/mol. The number of carbonyl (C=O) groups excluding carboxylic acids is 1. The molecule has 0 radical (unpaired) electrons. The van der Waals surface area contributed by atoms with E-state index in [0.29, 0.717) is 24.7 Å². The minimum Gasteiger partial charge on any atom is -0.360 e. The van der Waals surface area contributed by atoms with Crippen molar-refractivity contribution in [2.75, 3.05) is 26.7 Å². The van der Waals surface area contributed by atoms with Gasteiger partial charge in [-0.25, -0.2) is 0 Å². The second kappa shape index (κ2) is 10.2. The lowest BCUT2D eigenvalue weighted by Gasteiger charge is -2.39. The van der Waals surface area contributed by atoms with E-state index in [2.05, 4.69) is 54.6 Å². The van der Waals surface area contributed by atoms with Crippen LogP contribution in [-0.4, -0.2) is 70.6 Å². The Morgan fingerprint density at radius 2 is 1.85 bits per heavy atom. The Hall–Kier alpha value is -1.40. The maximum absolute atomic E-state index is 13.0. The molecule has 0 N–H and O–H groups in total. The van der Waals surface area contributed by atoms with Crippen molar-refractivity contribution in [3.8, 4) is 0 Å². The highest BCUT2D eigenvalue weighted by Crippen LogP contribution is 2.19. The first-order valence-electron chi connectivity index (χ1n) is 10.5. The van der Waals surface area contributed by atoms with E-state index in [-0.39, 0.29) is 5.91 Å². The molecular formula is C21H38N4O2. The lowest BCUT2D eigenvalue weighted by molar-refractivity contribution is -0.137. The lowest BCUT2D eigenvalue weighted by atomic mass is 10.0. The number of hydrogen-bond donors (Lipinski definition) is 0. The van der Waals surface area contributed by atoms with Gasteiger partial charge in [0, 0.05) is 37.3 Å². The highest BCUT2D eigenvalue weighted by atomic mass is 16.5. The minimum atomic E-state index is 0.265. The third kappa shape index (κ3) is 6.04. The van der Waals surface area contributed by atoms with E-state index in [1.165, 1.54) is 0 Å². The number of likely N-dealkylation sites (tertiary alicyclic amines) is 1. The van der Waals surface area contributed by atoms with E-state index in [1.807, 2.05) is 13.0 Å². The molecule has 0 aromatic carbocycles. The molecule has 6 nitrogen and oxygen atoms in total. The van der Waals surface area contributed by atoms with E-state index >= 15 is 0 Å². The summed E-state index contributed by atoms with van der Waals surface area (Å²) in [6, 6.07) is 3.08. The first kappa shape index (κ1) is 21.9. The summed E-state index contributed by atoms with van der Waals surface area (Å²) >= 11 is 0. The molecular weight excluding hydrogens is 340 g/mol. The quantitative estimate of drug-likeness (QED) is 0.660. The van der Waals surface area contributed by atoms with Crippen LogP contribution in [0.2, 0.25) is 0 Å². The van der Waals surface area contributed by atoms with E-state index in [1.54, 1.807) is 0 Å². The van der Waals surface area contributed by atoms with Crippen LogP contribution in [0, 0.1) is 6.92 Å². The van der Waals surface area contributed by atoms with Gasteiger partial charge >= 0.3 is 0 Å². The Balaban J connectivity index is 1.83. The summed E-state index contributed by atoms with van der Waals surface area (Å²) in [5, 5.41) is 3.96. The van der Waals surface area contributed by atoms with Crippen molar-refractivity contribution in [2.45, 2.75) is 85.0 Å². The van der Waals surface area contributed by atoms with Gasteiger partial charge in [0.15, 0.2) is 5.76 Å². The van der Waals surface area contributed by atoms with Gasteiger partial charge in [0.05, 0.1) is 18.8 Å². The smallest absolute Gasteiger partial charge is 0.237 e. The van der Waals surface area contributed by atoms with Gasteiger partial charge in [-0.2, -0.15) is 0 Å². The number of likely N-dealkylation sites (N-methyl/N-ethyl adjacent to an activating group) is 1. The first-order chi connectivity index (χ1) is 12.8. The van der Waals surface area contributed by atoms with Gasteiger partial charge in [0.2, 0.25) is 5.91 Å². The fourth-order valence-electron chi connectivity index (χ4n) is 3.97. The average Bonchev–Trinajstić information content (AvgIpc) is 3.06. The molecule has 2 atom stereocenters. The number of nitrogens with zero attached hydrogens (tertiary/aromatic N) is 4. The summed E-state index contributed by atoms with van der Waals surface area (Å²) in [5.74, 6) is 1.20. The zero-order valence-electron chi connectivity index (χ0n) is 18.1. The molecule has 1 fully saturated rings. The van der Waals surface area contributed by atoms with Crippen molar-refractivity contribution in [1.29, 1.82) is 0 Å². The Bertz CT molecular complexity index is 570. The third-order valence-electron chi connectivity index (χ3n) is 6.04. The lowest BCUT2D eigenvalue weighted by Crippen LogP contribution is -2.51. The van der Waals surface area contributed by atoms with Crippen molar-refractivity contribution in [1.82, 2.24) is 19.9 Å². The van der Waals surface area contributed by atoms with Crippen LogP contribution in [0.3, 0.4) is 0 Å². The number of aromatic nitrogens is 1. The molecule has 0 bridgehead atoms. The second-order valence-electron chi connectivity index (χ2n) is 8.17. The predicted octanol–water partition coefficient (Wildman–Crippen LogP) is 3.30. The minimum absolute atomic E-state index is 0.265. The zero-order valence-corrected chi connectivity index (χ0v) is 18.1. The van der Waals surface area contributed by atoms with Crippen molar-refractivity contribution in [2.24, 2.45) is 0 Å². The number of aryl methyl sites for hydroxylation is 1. The van der Waals surface area contributed by atoms with E-state index in [9.17, 15) is 4.79 Å². The molecule has 1 aromatic rings. The van der Waals surface area contributed by atoms with Gasteiger partial charge in [-0.05, 0) is 53.5 Å². The number of amides is 1. The molecule has 1 aromatic heterocycles. The Morgan fingerprint density at radius 3 is 2.33 bits per heavy atom. The van der Waals surface area contributed by atoms with E-state index in [4.69, 9.17) is 4.52 Å². The van der Waals surface area contributed by atoms with Gasteiger partial charge in [0.25, 0.3) is 0 Å². The van der Waals surface area contributed by atoms with Crippen LogP contribution < -0.4 is 0 Å². The molecule has 6 heteroatoms. The number of carbonyl (C=O) groups is 1. The molecule has 1 amide bonds. The fraction of sp³-hybridized carbons (Fsp3) is 0.810. The summed E-state index contributed by atoms with van der Waals surface area (Å²) in [6.07, 6.45) is 4.17. The number of rotatable bonds is 9. The molecule has 1 saturated heterocycles. The fourth-order valence-corrected chi connectivity index (χ4v) is 3.97. The van der Waals surface area contributed by atoms with Crippen LogP contribution >= 0.6 is 0 Å². The Labute approximate surface area is 164 Å². The largest absolute Gasteiger partial charge is 0.360 e. The molecule has 2 heterocycles. The second-order valence-corrected chi connectivity index (χ2v) is 8.17. The molecule has 27 heavy (non-hydrogen) atoms. The van der Waals surface area contributed by atoms with Gasteiger partial charge in [-0.3, -0.25) is 14.6 Å². The van der Waals surface area contributed by atoms with E-state index < -0.39 is 0 Å². The van der Waals surface area contributed by atoms with Gasteiger partial charge in [-0.1, -0.05) is 19.0 Å². The summed E-state index contributed by atoms with van der Waals surface area (Å²) in [4.78, 5) is 19.7. The third-order valence-corrected chi connectivity index (χ3v) is 6.04. The van der Waals surface area contributed by atoms with Gasteiger partial charge < -0.3 is 9.42 Å². The maximum atomic E-state index is 13.0. The Kier molecular flexibility index (Phi) is 8.29. The topological polar surface area (TPSA) is 52.8 Å². The van der Waals surface area contributed by atoms with Crippen LogP contribution in [0.4, 0.5) is 0 Å². The number of hydrogen-bond acceptors (Lipinski definition) is 5. The van der Waals surface area contributed by atoms with Crippen molar-refractivity contribution < 1.29 is 9.32 Å². The van der Waals surface area contributed by atoms with Crippen LogP contribution in [0.1, 0.15) is 64.8 Å². The van der Waals surface area contributed by atoms with Gasteiger partial charge in [-0.15, -0.1) is 0 Å². The predicted molar refractivity (Wildman–Crippen MR) is 109 cm³/mol. The first-order valence-corrected chi connectivity index (χ1v) is 10.5. The van der Waals surface area contributed by atoms with Crippen LogP contribution in [0.25, 0.3) is 0 Å². The highest BCUT2D eigenvalue weighted by Gasteiger charge is 2.28. The molecule has 154 valence electrons. The SMILES string of the molecule is CC[C@H](C)N(C(=O)CN(C)C1CCN(Cc2cc(C)no2)CC1)[C@@H](C)CC. The summed E-state index contributed by atoms with van der Waals surface area (Å²) in [7, 11) is 2.10. The van der Waals surface area contributed by atoms with Crippen molar-refractivity contribution >= 4 is 5.91 Å². The zero-order chi connectivity index (χ0) is 20.0. The van der Waals surface area contributed by atoms with Crippen molar-refractivity contribution in [3.05, 3.63) is 17.5 Å². The van der Waals surface area contributed by atoms with Crippen LogP contribution in [0.5, 0.6) is 0 Å². The molecule has 0 aliphatic carbocycles. The highest BCUT2D eigenvalue weighted by molar-refractivity contribution is 5.79. The monoisotopic (exact) mass is 378 g/mol. The maximum Gasteiger partial charge on any atom is 0.237 e. The normalized spacial score (nSPS) is 18.6. The molecule has 0 saturated carbocycles. The summed E-state index contributed by atoms with van der Waals surface area (Å²) < 4.78 is 5.33. The molecule has 2 rings (SSSR count). The molecule has 0 unspecified atom stereocenters. The summed E-state index contributed by atoms with van der Waals surface area (Å²) in [6.45, 7) is 14.0. The standard InChI is InChI=1S/C21H38N4O2/c1-7-17(4)25(18(5)8-2)21(26)15-23(6)19-9-11-24(12-10-19)14-20-13-16(3)22-27-20/h13,17-19H,7-12,14-15H2,1-6H3/t17-,18-/m0/s1. The Morgan fingerprint density at radius 1 is 1.26 bits per heavy atom. The number of piperidine rings is 1. The molecule has 0 spiro atoms. The van der Waals surface area contributed by atoms with Crippen LogP contribution in [-0.2, 0) is 11.3 Å². The molecule has 1 aliphatic heterocycles. The van der Waals surface area contributed by atoms with Crippen LogP contribution in [0.15, 0.2) is 10.6 Å². The van der Waals surface area contributed by atoms with Crippen molar-refractivity contribution in [3.63, 3.8) is 0 Å². The molecule has 1 aliphatic rings.